The van der Waals surface area contributed by atoms with Crippen LogP contribution in [-0.2, 0) is 5.75 Å². The summed E-state index contributed by atoms with van der Waals surface area (Å²) in [7, 11) is 0. The molecule has 0 aliphatic carbocycles. The molecule has 158 valence electrons. The molecule has 0 saturated carbocycles. The Morgan fingerprint density at radius 1 is 1.03 bits per heavy atom. The van der Waals surface area contributed by atoms with Crippen molar-refractivity contribution in [2.24, 2.45) is 0 Å². The van der Waals surface area contributed by atoms with Crippen LogP contribution in [0.2, 0.25) is 5.02 Å². The van der Waals surface area contributed by atoms with Crippen LogP contribution in [0.3, 0.4) is 0 Å². The van der Waals surface area contributed by atoms with Crippen LogP contribution >= 0.6 is 23.4 Å². The molecule has 9 heteroatoms. The first-order valence-corrected chi connectivity index (χ1v) is 11.6. The van der Waals surface area contributed by atoms with Crippen LogP contribution in [-0.4, -0.2) is 37.8 Å². The van der Waals surface area contributed by atoms with Gasteiger partial charge in [-0.25, -0.2) is 4.98 Å². The number of aromatic nitrogens is 5. The molecule has 4 aromatic rings. The van der Waals surface area contributed by atoms with Gasteiger partial charge >= 0.3 is 0 Å². The van der Waals surface area contributed by atoms with Crippen LogP contribution < -0.4 is 10.5 Å². The molecule has 2 aromatic carbocycles. The zero-order chi connectivity index (χ0) is 21.2. The van der Waals surface area contributed by atoms with Gasteiger partial charge in [0.2, 0.25) is 5.95 Å². The van der Waals surface area contributed by atoms with Crippen molar-refractivity contribution in [3.63, 3.8) is 0 Å². The number of piperidine rings is 1. The predicted octanol–water partition coefficient (Wildman–Crippen LogP) is 4.44. The van der Waals surface area contributed by atoms with Crippen LogP contribution in [0.25, 0.3) is 16.6 Å². The summed E-state index contributed by atoms with van der Waals surface area (Å²) in [5.74, 6) is 1.90. The van der Waals surface area contributed by atoms with Crippen molar-refractivity contribution in [3.8, 4) is 5.69 Å². The van der Waals surface area contributed by atoms with Crippen molar-refractivity contribution in [1.29, 1.82) is 0 Å². The molecule has 7 nitrogen and oxygen atoms in total. The second kappa shape index (κ2) is 8.72. The summed E-state index contributed by atoms with van der Waals surface area (Å²) in [6.45, 7) is 1.96. The van der Waals surface area contributed by atoms with Gasteiger partial charge in [0, 0.05) is 18.1 Å². The minimum absolute atomic E-state index is 0.171. The summed E-state index contributed by atoms with van der Waals surface area (Å²) < 4.78 is 2.09. The Morgan fingerprint density at radius 3 is 2.65 bits per heavy atom. The van der Waals surface area contributed by atoms with Crippen molar-refractivity contribution in [2.45, 2.75) is 30.2 Å². The van der Waals surface area contributed by atoms with E-state index in [-0.39, 0.29) is 5.56 Å². The lowest BCUT2D eigenvalue weighted by Gasteiger charge is -2.27. The van der Waals surface area contributed by atoms with E-state index in [1.54, 1.807) is 18.2 Å². The fraction of sp³-hybridized carbons (Fsp3) is 0.273. The molecule has 0 amide bonds. The number of rotatable bonds is 5. The molecule has 5 rings (SSSR count). The minimum atomic E-state index is -0.171. The third-order valence-corrected chi connectivity index (χ3v) is 6.50. The number of nitrogens with zero attached hydrogens (tertiary/aromatic N) is 5. The van der Waals surface area contributed by atoms with E-state index in [2.05, 4.69) is 41.8 Å². The molecule has 1 fully saturated rings. The first kappa shape index (κ1) is 20.1. The number of nitrogens with one attached hydrogen (secondary N) is 1. The second-order valence-corrected chi connectivity index (χ2v) is 8.84. The van der Waals surface area contributed by atoms with Crippen LogP contribution in [0.4, 0.5) is 5.95 Å². The van der Waals surface area contributed by atoms with Gasteiger partial charge in [-0.2, -0.15) is 0 Å². The normalized spacial score (nSPS) is 14.3. The van der Waals surface area contributed by atoms with Gasteiger partial charge in [0.25, 0.3) is 5.56 Å². The fourth-order valence-corrected chi connectivity index (χ4v) is 4.80. The van der Waals surface area contributed by atoms with Crippen LogP contribution in [0.1, 0.15) is 25.1 Å². The molecule has 0 bridgehead atoms. The first-order chi connectivity index (χ1) is 15.2. The third kappa shape index (κ3) is 4.18. The lowest BCUT2D eigenvalue weighted by atomic mass is 10.1. The molecule has 1 aliphatic heterocycles. The lowest BCUT2D eigenvalue weighted by Crippen LogP contribution is -2.31. The lowest BCUT2D eigenvalue weighted by molar-refractivity contribution is 0.564. The Balaban J connectivity index is 1.47. The van der Waals surface area contributed by atoms with E-state index in [1.807, 2.05) is 18.2 Å². The number of hydrogen-bond donors (Lipinski definition) is 1. The minimum Gasteiger partial charge on any atom is -0.341 e. The molecule has 0 spiro atoms. The highest BCUT2D eigenvalue weighted by Crippen LogP contribution is 2.29. The molecule has 1 N–H and O–H groups in total. The van der Waals surface area contributed by atoms with Gasteiger partial charge in [0.1, 0.15) is 5.82 Å². The van der Waals surface area contributed by atoms with Crippen LogP contribution in [0, 0.1) is 0 Å². The Kier molecular flexibility index (Phi) is 5.65. The fourth-order valence-electron chi connectivity index (χ4n) is 3.82. The van der Waals surface area contributed by atoms with Gasteiger partial charge in [0.15, 0.2) is 5.16 Å². The molecule has 0 radical (unpaired) electrons. The topological polar surface area (TPSA) is 79.7 Å². The third-order valence-electron chi connectivity index (χ3n) is 5.33. The molecule has 3 heterocycles. The highest BCUT2D eigenvalue weighted by molar-refractivity contribution is 7.98. The smallest absolute Gasteiger partial charge is 0.258 e. The van der Waals surface area contributed by atoms with E-state index in [4.69, 9.17) is 11.6 Å². The molecule has 1 saturated heterocycles. The molecule has 31 heavy (non-hydrogen) atoms. The number of anilines is 1. The van der Waals surface area contributed by atoms with Crippen LogP contribution in [0.15, 0.2) is 58.5 Å². The number of fused-ring (bicyclic) bond motifs is 1. The van der Waals surface area contributed by atoms with E-state index >= 15 is 0 Å². The number of hydrogen-bond acceptors (Lipinski definition) is 6. The quantitative estimate of drug-likeness (QED) is 0.451. The highest BCUT2D eigenvalue weighted by Gasteiger charge is 2.21. The maximum atomic E-state index is 12.4. The largest absolute Gasteiger partial charge is 0.341 e. The molecule has 0 atom stereocenters. The van der Waals surface area contributed by atoms with Gasteiger partial charge < -0.3 is 9.88 Å². The van der Waals surface area contributed by atoms with Gasteiger partial charge in [-0.3, -0.25) is 9.36 Å². The van der Waals surface area contributed by atoms with Crippen molar-refractivity contribution in [3.05, 3.63) is 69.7 Å². The zero-order valence-corrected chi connectivity index (χ0v) is 18.4. The van der Waals surface area contributed by atoms with Gasteiger partial charge in [0.05, 0.1) is 22.3 Å². The van der Waals surface area contributed by atoms with E-state index in [0.29, 0.717) is 27.5 Å². The van der Waals surface area contributed by atoms with Crippen molar-refractivity contribution < 1.29 is 0 Å². The molecular formula is C22H21ClN6OS. The summed E-state index contributed by atoms with van der Waals surface area (Å²) in [6.07, 6.45) is 3.58. The van der Waals surface area contributed by atoms with Gasteiger partial charge in [-0.15, -0.1) is 10.2 Å². The number of halogens is 1. The SMILES string of the molecule is O=c1[nH]c(CSc2nnc(N3CCCCC3)n2-c2ccccc2)nc2cc(Cl)ccc12. The van der Waals surface area contributed by atoms with Gasteiger partial charge in [-0.05, 0) is 49.6 Å². The Morgan fingerprint density at radius 2 is 1.84 bits per heavy atom. The number of aromatic amines is 1. The first-order valence-electron chi connectivity index (χ1n) is 10.3. The number of thioether (sulfide) groups is 1. The molecular weight excluding hydrogens is 432 g/mol. The predicted molar refractivity (Wildman–Crippen MR) is 124 cm³/mol. The van der Waals surface area contributed by atoms with Crippen LogP contribution in [0.5, 0.6) is 0 Å². The zero-order valence-electron chi connectivity index (χ0n) is 16.8. The van der Waals surface area contributed by atoms with E-state index in [9.17, 15) is 4.79 Å². The Bertz CT molecular complexity index is 1270. The maximum absolute atomic E-state index is 12.4. The number of benzene rings is 2. The summed E-state index contributed by atoms with van der Waals surface area (Å²) >= 11 is 7.58. The van der Waals surface area contributed by atoms with E-state index in [0.717, 1.165) is 42.7 Å². The van der Waals surface area contributed by atoms with Crippen molar-refractivity contribution in [2.75, 3.05) is 18.0 Å². The maximum Gasteiger partial charge on any atom is 0.258 e. The highest BCUT2D eigenvalue weighted by atomic mass is 35.5. The molecule has 0 unspecified atom stereocenters. The monoisotopic (exact) mass is 452 g/mol. The van der Waals surface area contributed by atoms with Crippen molar-refractivity contribution in [1.82, 2.24) is 24.7 Å². The number of para-hydroxylation sites is 1. The van der Waals surface area contributed by atoms with E-state index < -0.39 is 0 Å². The standard InChI is InChI=1S/C22H21ClN6OS/c23-15-9-10-17-18(13-15)24-19(25-20(17)30)14-31-22-27-26-21(28-11-5-2-6-12-28)29(22)16-7-3-1-4-8-16/h1,3-4,7-10,13H,2,5-6,11-12,14H2,(H,24,25,30). The summed E-state index contributed by atoms with van der Waals surface area (Å²) in [5, 5.41) is 10.8. The van der Waals surface area contributed by atoms with Gasteiger partial charge in [-0.1, -0.05) is 41.6 Å². The Labute approximate surface area is 188 Å². The van der Waals surface area contributed by atoms with Crippen molar-refractivity contribution >= 4 is 40.2 Å². The Hall–Kier alpha value is -2.84. The second-order valence-electron chi connectivity index (χ2n) is 7.46. The average Bonchev–Trinajstić information content (AvgIpc) is 3.22. The summed E-state index contributed by atoms with van der Waals surface area (Å²) in [6, 6.07) is 15.2. The summed E-state index contributed by atoms with van der Waals surface area (Å²) in [4.78, 5) is 22.2. The average molecular weight is 453 g/mol. The number of H-pyrrole nitrogens is 1. The molecule has 2 aromatic heterocycles. The molecule has 1 aliphatic rings. The van der Waals surface area contributed by atoms with E-state index in [1.165, 1.54) is 18.2 Å². The summed E-state index contributed by atoms with van der Waals surface area (Å²) in [5.41, 5.74) is 1.43.